The molecule has 3 aromatic rings. The number of hydrogen-bond donors (Lipinski definition) is 2. The molecule has 1 unspecified atom stereocenters. The molecule has 2 N–H and O–H groups in total. The molecule has 4 aliphatic heterocycles. The summed E-state index contributed by atoms with van der Waals surface area (Å²) in [5, 5.41) is 14.9. The lowest BCUT2D eigenvalue weighted by molar-refractivity contribution is -0.136. The summed E-state index contributed by atoms with van der Waals surface area (Å²) in [5.41, 5.74) is 4.93. The van der Waals surface area contributed by atoms with Crippen molar-refractivity contribution in [2.24, 2.45) is 0 Å². The van der Waals surface area contributed by atoms with E-state index in [-0.39, 0.29) is 36.8 Å². The first-order chi connectivity index (χ1) is 26.1. The summed E-state index contributed by atoms with van der Waals surface area (Å²) in [5.74, 6) is -1.35. The van der Waals surface area contributed by atoms with Crippen LogP contribution in [0.2, 0.25) is 5.02 Å². The third kappa shape index (κ3) is 7.06. The lowest BCUT2D eigenvalue weighted by Crippen LogP contribution is -2.54. The fourth-order valence-electron chi connectivity index (χ4n) is 8.62. The Morgan fingerprint density at radius 1 is 0.833 bits per heavy atom. The summed E-state index contributed by atoms with van der Waals surface area (Å²) in [6.07, 6.45) is 6.27. The molecule has 3 fully saturated rings. The van der Waals surface area contributed by atoms with Crippen molar-refractivity contribution in [2.45, 2.75) is 88.6 Å². The fourth-order valence-corrected chi connectivity index (χ4v) is 8.83. The van der Waals surface area contributed by atoms with Crippen LogP contribution in [0.4, 0.5) is 5.69 Å². The molecule has 12 nitrogen and oxygen atoms in total. The average molecular weight is 749 g/mol. The van der Waals surface area contributed by atoms with E-state index in [1.807, 2.05) is 36.4 Å². The first-order valence-electron chi connectivity index (χ1n) is 18.8. The number of amides is 5. The molecule has 3 aromatic carbocycles. The molecule has 0 bridgehead atoms. The number of imide groups is 2. The van der Waals surface area contributed by atoms with E-state index >= 15 is 0 Å². The van der Waals surface area contributed by atoms with E-state index in [1.165, 1.54) is 0 Å². The molecule has 5 amide bonds. The minimum absolute atomic E-state index is 0.0366. The van der Waals surface area contributed by atoms with E-state index in [0.717, 1.165) is 86.3 Å². The standard InChI is InChI=1S/C41H41ClN6O6/c42-35-21-32(8-3-26(35)22-43)54-31-9-4-28(5-10-31)44-38(50)24-1-6-29(7-2-24)46-17-14-30(15-18-46)47-16-13-25-19-33-34(20-27(25)23-47)41(53)48(40(33)52)36-11-12-37(49)45-39(36)51/h1-3,6-8,19-21,28,30-31,36H,4-5,9-18,23H2,(H,44,50)(H,45,49,51)/t28-,31-,36?. The summed E-state index contributed by atoms with van der Waals surface area (Å²) in [6.45, 7) is 3.33. The molecule has 278 valence electrons. The Bertz CT molecular complexity index is 2060. The number of benzene rings is 3. The summed E-state index contributed by atoms with van der Waals surface area (Å²) in [7, 11) is 0. The highest BCUT2D eigenvalue weighted by atomic mass is 35.5. The first-order valence-corrected chi connectivity index (χ1v) is 19.2. The highest BCUT2D eigenvalue weighted by Gasteiger charge is 2.45. The van der Waals surface area contributed by atoms with Gasteiger partial charge >= 0.3 is 0 Å². The number of fused-ring (bicyclic) bond motifs is 2. The largest absolute Gasteiger partial charge is 0.490 e. The summed E-state index contributed by atoms with van der Waals surface area (Å²) < 4.78 is 6.09. The number of anilines is 1. The Kier molecular flexibility index (Phi) is 9.85. The predicted octanol–water partition coefficient (Wildman–Crippen LogP) is 4.76. The summed E-state index contributed by atoms with van der Waals surface area (Å²) in [4.78, 5) is 69.8. The molecule has 1 atom stereocenters. The minimum Gasteiger partial charge on any atom is -0.490 e. The van der Waals surface area contributed by atoms with Gasteiger partial charge in [0.25, 0.3) is 17.7 Å². The van der Waals surface area contributed by atoms with Gasteiger partial charge in [-0.25, -0.2) is 0 Å². The fraction of sp³-hybridized carbons (Fsp3) is 0.415. The van der Waals surface area contributed by atoms with Crippen molar-refractivity contribution in [3.63, 3.8) is 0 Å². The Balaban J connectivity index is 0.810. The maximum atomic E-state index is 13.4. The number of carbonyl (C=O) groups excluding carboxylic acids is 5. The minimum atomic E-state index is -0.970. The quantitative estimate of drug-likeness (QED) is 0.326. The second kappa shape index (κ2) is 14.9. The zero-order chi connectivity index (χ0) is 37.5. The molecule has 1 aliphatic carbocycles. The highest BCUT2D eigenvalue weighted by Crippen LogP contribution is 2.34. The van der Waals surface area contributed by atoms with Crippen molar-refractivity contribution < 1.29 is 28.7 Å². The molecule has 5 aliphatic rings. The van der Waals surface area contributed by atoms with Crippen molar-refractivity contribution in [2.75, 3.05) is 24.5 Å². The smallest absolute Gasteiger partial charge is 0.262 e. The van der Waals surface area contributed by atoms with Gasteiger partial charge in [0.15, 0.2) is 0 Å². The van der Waals surface area contributed by atoms with Crippen molar-refractivity contribution in [3.8, 4) is 11.8 Å². The number of nitrogens with zero attached hydrogens (tertiary/aromatic N) is 4. The second-order valence-electron chi connectivity index (χ2n) is 14.9. The number of nitrogens with one attached hydrogen (secondary N) is 2. The SMILES string of the molecule is N#Cc1ccc(O[C@H]2CC[C@H](NC(=O)c3ccc(N4CCC(N5CCc6cc7c(cc6C5)C(=O)N(C5CCC(=O)NC5=O)C7=O)CC4)cc3)CC2)cc1Cl. The van der Waals surface area contributed by atoms with E-state index in [2.05, 4.69) is 26.5 Å². The Hall–Kier alpha value is -5.25. The second-order valence-corrected chi connectivity index (χ2v) is 15.3. The van der Waals surface area contributed by atoms with Gasteiger partial charge in [0.05, 0.1) is 27.8 Å². The van der Waals surface area contributed by atoms with E-state index in [0.29, 0.717) is 45.6 Å². The van der Waals surface area contributed by atoms with E-state index < -0.39 is 23.8 Å². The summed E-state index contributed by atoms with van der Waals surface area (Å²) >= 11 is 6.15. The molecular formula is C41H41ClN6O6. The number of nitriles is 1. The maximum absolute atomic E-state index is 13.4. The van der Waals surface area contributed by atoms with Crippen LogP contribution in [0.15, 0.2) is 54.6 Å². The lowest BCUT2D eigenvalue weighted by atomic mass is 9.92. The topological polar surface area (TPSA) is 152 Å². The van der Waals surface area contributed by atoms with Crippen molar-refractivity contribution in [1.29, 1.82) is 5.26 Å². The molecule has 0 radical (unpaired) electrons. The third-order valence-corrected chi connectivity index (χ3v) is 12.0. The van der Waals surface area contributed by atoms with Gasteiger partial charge in [-0.15, -0.1) is 0 Å². The molecule has 4 heterocycles. The molecule has 0 aromatic heterocycles. The van der Waals surface area contributed by atoms with Crippen LogP contribution in [0.5, 0.6) is 5.75 Å². The van der Waals surface area contributed by atoms with Crippen LogP contribution in [0.25, 0.3) is 0 Å². The van der Waals surface area contributed by atoms with Gasteiger partial charge in [-0.1, -0.05) is 11.6 Å². The number of halogens is 1. The van der Waals surface area contributed by atoms with Crippen LogP contribution >= 0.6 is 11.6 Å². The number of carbonyl (C=O) groups is 5. The zero-order valence-corrected chi connectivity index (χ0v) is 30.6. The van der Waals surface area contributed by atoms with Crippen LogP contribution in [0.3, 0.4) is 0 Å². The number of piperidine rings is 2. The van der Waals surface area contributed by atoms with E-state index in [1.54, 1.807) is 18.2 Å². The molecule has 13 heteroatoms. The molecule has 1 saturated carbocycles. The molecule has 54 heavy (non-hydrogen) atoms. The van der Waals surface area contributed by atoms with Gasteiger partial charge in [-0.05, 0) is 111 Å². The van der Waals surface area contributed by atoms with E-state index in [9.17, 15) is 24.0 Å². The van der Waals surface area contributed by atoms with Crippen LogP contribution in [-0.2, 0) is 22.6 Å². The molecule has 8 rings (SSSR count). The Labute approximate surface area is 318 Å². The van der Waals surface area contributed by atoms with Crippen LogP contribution < -0.4 is 20.3 Å². The maximum Gasteiger partial charge on any atom is 0.262 e. The van der Waals surface area contributed by atoms with Crippen LogP contribution in [-0.4, -0.2) is 83.2 Å². The summed E-state index contributed by atoms with van der Waals surface area (Å²) in [6, 6.07) is 18.2. The molecular weight excluding hydrogens is 708 g/mol. The number of ether oxygens (including phenoxy) is 1. The van der Waals surface area contributed by atoms with Crippen molar-refractivity contribution >= 4 is 46.8 Å². The monoisotopic (exact) mass is 748 g/mol. The normalized spacial score (nSPS) is 23.4. The van der Waals surface area contributed by atoms with Gasteiger partial charge in [0.2, 0.25) is 11.8 Å². The molecule has 2 saturated heterocycles. The van der Waals surface area contributed by atoms with Crippen molar-refractivity contribution in [1.82, 2.24) is 20.4 Å². The lowest BCUT2D eigenvalue weighted by Gasteiger charge is -2.41. The van der Waals surface area contributed by atoms with E-state index in [4.69, 9.17) is 21.6 Å². The highest BCUT2D eigenvalue weighted by molar-refractivity contribution is 6.31. The predicted molar refractivity (Wildman–Crippen MR) is 199 cm³/mol. The zero-order valence-electron chi connectivity index (χ0n) is 29.8. The van der Waals surface area contributed by atoms with Gasteiger partial charge < -0.3 is 15.0 Å². The molecule has 0 spiro atoms. The van der Waals surface area contributed by atoms with Gasteiger partial charge in [0.1, 0.15) is 17.9 Å². The van der Waals surface area contributed by atoms with Crippen LogP contribution in [0.1, 0.15) is 99.1 Å². The van der Waals surface area contributed by atoms with Gasteiger partial charge in [-0.3, -0.25) is 39.1 Å². The van der Waals surface area contributed by atoms with Crippen LogP contribution in [0, 0.1) is 11.3 Å². The number of rotatable bonds is 7. The Morgan fingerprint density at radius 3 is 2.20 bits per heavy atom. The Morgan fingerprint density at radius 2 is 1.54 bits per heavy atom. The third-order valence-electron chi connectivity index (χ3n) is 11.7. The number of hydrogen-bond acceptors (Lipinski definition) is 9. The average Bonchev–Trinajstić information content (AvgIpc) is 3.42. The first kappa shape index (κ1) is 35.8. The van der Waals surface area contributed by atoms with Crippen molar-refractivity contribution in [3.05, 3.63) is 93.0 Å². The van der Waals surface area contributed by atoms with Gasteiger partial charge in [-0.2, -0.15) is 5.26 Å². The van der Waals surface area contributed by atoms with Gasteiger partial charge in [0, 0.05) is 62.0 Å².